The Kier molecular flexibility index (Phi) is 7.29. The maximum absolute atomic E-state index is 5.31. The molecule has 0 atom stereocenters. The van der Waals surface area contributed by atoms with Crippen LogP contribution < -0.4 is 4.74 Å². The van der Waals surface area contributed by atoms with Crippen molar-refractivity contribution in [2.45, 2.75) is 6.10 Å². The molecule has 0 aliphatic rings. The molecule has 0 aromatic heterocycles. The van der Waals surface area contributed by atoms with Gasteiger partial charge >= 0.3 is 0 Å². The molecule has 0 heterocycles. The maximum Gasteiger partial charge on any atom is 0.189 e. The second-order valence-electron chi connectivity index (χ2n) is 2.92. The Bertz CT molecular complexity index is 265. The largest absolute Gasteiger partial charge is 0.468 e. The molecule has 0 amide bonds. The van der Waals surface area contributed by atoms with E-state index in [4.69, 9.17) is 33.2 Å². The van der Waals surface area contributed by atoms with Gasteiger partial charge in [0.15, 0.2) is 6.79 Å². The van der Waals surface area contributed by atoms with Gasteiger partial charge in [-0.2, -0.15) is 0 Å². The second-order valence-corrected chi connectivity index (χ2v) is 3.35. The van der Waals surface area contributed by atoms with E-state index in [0.717, 1.165) is 5.75 Å². The maximum atomic E-state index is 5.31. The highest BCUT2D eigenvalue weighted by atomic mass is 35.5. The van der Waals surface area contributed by atoms with Gasteiger partial charge in [-0.05, 0) is 12.1 Å². The van der Waals surface area contributed by atoms with E-state index in [0.29, 0.717) is 0 Å². The van der Waals surface area contributed by atoms with Crippen molar-refractivity contribution in [3.63, 3.8) is 0 Å². The molecule has 0 saturated carbocycles. The Morgan fingerprint density at radius 3 is 2.19 bits per heavy atom. The van der Waals surface area contributed by atoms with Crippen molar-refractivity contribution >= 4 is 23.7 Å². The Labute approximate surface area is 104 Å². The summed E-state index contributed by atoms with van der Waals surface area (Å²) in [6.45, 7) is 0.425. The quantitative estimate of drug-likeness (QED) is 0.678. The number of hydrogen-bond acceptors (Lipinski definition) is 4. The summed E-state index contributed by atoms with van der Waals surface area (Å²) in [5.74, 6) is 0.722. The van der Waals surface area contributed by atoms with E-state index in [9.17, 15) is 0 Å². The van der Waals surface area contributed by atoms with Crippen molar-refractivity contribution in [3.05, 3.63) is 30.3 Å². The summed E-state index contributed by atoms with van der Waals surface area (Å²) >= 11 is 10.2. The van der Waals surface area contributed by atoms with Gasteiger partial charge < -0.3 is 9.47 Å². The normalized spacial score (nSPS) is 10.7. The lowest BCUT2D eigenvalue weighted by Crippen LogP contribution is -2.25. The Hall–Kier alpha value is -0.520. The van der Waals surface area contributed by atoms with E-state index in [1.54, 1.807) is 0 Å². The van der Waals surface area contributed by atoms with Gasteiger partial charge in [0.05, 0.1) is 36.9 Å². The minimum Gasteiger partial charge on any atom is -0.468 e. The van der Waals surface area contributed by atoms with Gasteiger partial charge in [0.2, 0.25) is 0 Å². The van der Waals surface area contributed by atoms with Crippen molar-refractivity contribution in [2.24, 2.45) is 0 Å². The SMILES string of the molecule is ClOCC(COCl)OCOc1ccccc1. The molecule has 0 fully saturated rings. The van der Waals surface area contributed by atoms with Gasteiger partial charge in [-0.1, -0.05) is 18.2 Å². The Morgan fingerprint density at radius 2 is 1.62 bits per heavy atom. The zero-order chi connectivity index (χ0) is 11.6. The summed E-state index contributed by atoms with van der Waals surface area (Å²) in [7, 11) is 0. The fourth-order valence-corrected chi connectivity index (χ4v) is 1.28. The zero-order valence-corrected chi connectivity index (χ0v) is 9.99. The lowest BCUT2D eigenvalue weighted by molar-refractivity contribution is -0.0667. The number of benzene rings is 1. The number of ether oxygens (including phenoxy) is 2. The van der Waals surface area contributed by atoms with Gasteiger partial charge in [0.25, 0.3) is 0 Å². The summed E-state index contributed by atoms with van der Waals surface area (Å²) in [4.78, 5) is 0. The molecule has 0 radical (unpaired) electrons. The van der Waals surface area contributed by atoms with Gasteiger partial charge in [0, 0.05) is 0 Å². The minimum absolute atomic E-state index is 0.0785. The third-order valence-electron chi connectivity index (χ3n) is 1.77. The molecular weight excluding hydrogens is 255 g/mol. The van der Waals surface area contributed by atoms with Crippen LogP contribution in [0.3, 0.4) is 0 Å². The number of hydrogen-bond donors (Lipinski definition) is 0. The predicted molar refractivity (Wildman–Crippen MR) is 60.4 cm³/mol. The lowest BCUT2D eigenvalue weighted by atomic mass is 10.3. The first-order chi connectivity index (χ1) is 7.86. The predicted octanol–water partition coefficient (Wildman–Crippen LogP) is 2.75. The van der Waals surface area contributed by atoms with E-state index in [1.807, 2.05) is 30.3 Å². The first-order valence-corrected chi connectivity index (χ1v) is 5.25. The van der Waals surface area contributed by atoms with Crippen LogP contribution in [-0.4, -0.2) is 26.1 Å². The molecule has 0 unspecified atom stereocenters. The number of halogens is 2. The summed E-state index contributed by atoms with van der Waals surface area (Å²) in [6.07, 6.45) is -0.362. The minimum atomic E-state index is -0.362. The molecule has 0 N–H and O–H groups in total. The number of rotatable bonds is 8. The fraction of sp³-hybridized carbons (Fsp3) is 0.400. The molecule has 0 saturated heterocycles. The molecule has 6 heteroatoms. The molecule has 0 aliphatic heterocycles. The standard InChI is InChI=1S/C10H12Cl2O4/c11-15-6-10(7-16-12)14-8-13-9-4-2-1-3-5-9/h1-5,10H,6-8H2. The molecule has 0 aliphatic carbocycles. The van der Waals surface area contributed by atoms with Gasteiger partial charge in [-0.3, -0.25) is 8.58 Å². The first-order valence-electron chi connectivity index (χ1n) is 4.63. The molecule has 90 valence electrons. The van der Waals surface area contributed by atoms with Crippen molar-refractivity contribution in [1.82, 2.24) is 0 Å². The summed E-state index contributed by atoms with van der Waals surface area (Å²) in [6, 6.07) is 9.30. The van der Waals surface area contributed by atoms with E-state index in [-0.39, 0.29) is 26.1 Å². The Morgan fingerprint density at radius 1 is 1.00 bits per heavy atom. The van der Waals surface area contributed by atoms with Crippen molar-refractivity contribution in [1.29, 1.82) is 0 Å². The van der Waals surface area contributed by atoms with Crippen LogP contribution in [0.1, 0.15) is 0 Å². The fourth-order valence-electron chi connectivity index (χ4n) is 1.000. The van der Waals surface area contributed by atoms with Crippen LogP contribution in [-0.2, 0) is 13.3 Å². The highest BCUT2D eigenvalue weighted by molar-refractivity contribution is 6.07. The van der Waals surface area contributed by atoms with Crippen LogP contribution in [0.25, 0.3) is 0 Å². The molecule has 1 aromatic rings. The lowest BCUT2D eigenvalue weighted by Gasteiger charge is -2.14. The van der Waals surface area contributed by atoms with Crippen molar-refractivity contribution in [2.75, 3.05) is 20.0 Å². The Balaban J connectivity index is 2.22. The summed E-state index contributed by atoms with van der Waals surface area (Å²) < 4.78 is 19.4. The van der Waals surface area contributed by atoms with Gasteiger partial charge in [-0.25, -0.2) is 0 Å². The highest BCUT2D eigenvalue weighted by Crippen LogP contribution is 2.08. The third-order valence-corrected chi connectivity index (χ3v) is 2.02. The molecule has 0 spiro atoms. The zero-order valence-electron chi connectivity index (χ0n) is 8.47. The smallest absolute Gasteiger partial charge is 0.189 e. The summed E-state index contributed by atoms with van der Waals surface area (Å²) in [5.41, 5.74) is 0. The average molecular weight is 267 g/mol. The van der Waals surface area contributed by atoms with E-state index in [2.05, 4.69) is 8.58 Å². The molecule has 1 aromatic carbocycles. The van der Waals surface area contributed by atoms with Gasteiger partial charge in [0.1, 0.15) is 11.9 Å². The topological polar surface area (TPSA) is 36.9 Å². The van der Waals surface area contributed by atoms with Crippen LogP contribution >= 0.6 is 23.7 Å². The number of para-hydroxylation sites is 1. The molecule has 1 rings (SSSR count). The van der Waals surface area contributed by atoms with Crippen LogP contribution in [0.15, 0.2) is 30.3 Å². The van der Waals surface area contributed by atoms with Crippen LogP contribution in [0.2, 0.25) is 0 Å². The molecular formula is C10H12Cl2O4. The van der Waals surface area contributed by atoms with Crippen LogP contribution in [0.4, 0.5) is 0 Å². The second kappa shape index (κ2) is 8.61. The first kappa shape index (κ1) is 13.5. The average Bonchev–Trinajstić information content (AvgIpc) is 2.31. The highest BCUT2D eigenvalue weighted by Gasteiger charge is 2.09. The molecule has 16 heavy (non-hydrogen) atoms. The van der Waals surface area contributed by atoms with E-state index >= 15 is 0 Å². The third kappa shape index (κ3) is 5.53. The summed E-state index contributed by atoms with van der Waals surface area (Å²) in [5, 5.41) is 0. The monoisotopic (exact) mass is 266 g/mol. The van der Waals surface area contributed by atoms with Crippen LogP contribution in [0.5, 0.6) is 5.75 Å². The molecule has 0 bridgehead atoms. The van der Waals surface area contributed by atoms with Gasteiger partial charge in [-0.15, -0.1) is 0 Å². The van der Waals surface area contributed by atoms with E-state index < -0.39 is 0 Å². The molecule has 4 nitrogen and oxygen atoms in total. The van der Waals surface area contributed by atoms with Crippen molar-refractivity contribution < 1.29 is 18.1 Å². The van der Waals surface area contributed by atoms with Crippen molar-refractivity contribution in [3.8, 4) is 5.75 Å². The van der Waals surface area contributed by atoms with Crippen LogP contribution in [0, 0.1) is 0 Å². The van der Waals surface area contributed by atoms with E-state index in [1.165, 1.54) is 0 Å².